The third kappa shape index (κ3) is 4.75. The van der Waals surface area contributed by atoms with Gasteiger partial charge in [0.25, 0.3) is 0 Å². The van der Waals surface area contributed by atoms with Crippen molar-refractivity contribution in [2.75, 3.05) is 0 Å². The SMILES string of the molecule is CCc1ccc(Cc2ccccc2-c2cc(-c3ccc4c(c3)c3ccccc3n4-c3cccc4c3sc3ccccc34)ccc2C)cc1. The summed E-state index contributed by atoms with van der Waals surface area (Å²) in [4.78, 5) is 0. The average Bonchev–Trinajstić information content (AvgIpc) is 3.68. The molecule has 0 N–H and O–H groups in total. The highest BCUT2D eigenvalue weighted by molar-refractivity contribution is 7.26. The number of hydrogen-bond donors (Lipinski definition) is 0. The second-order valence-corrected chi connectivity index (χ2v) is 13.9. The maximum atomic E-state index is 2.47. The number of rotatable bonds is 6. The smallest absolute Gasteiger partial charge is 0.0640 e. The van der Waals surface area contributed by atoms with E-state index in [0.717, 1.165) is 12.8 Å². The first kappa shape index (κ1) is 28.8. The number of benzene rings is 7. The normalized spacial score (nSPS) is 11.7. The molecule has 9 aromatic rings. The van der Waals surface area contributed by atoms with Gasteiger partial charge in [0.2, 0.25) is 0 Å². The van der Waals surface area contributed by atoms with Gasteiger partial charge in [-0.1, -0.05) is 122 Å². The topological polar surface area (TPSA) is 4.93 Å². The van der Waals surface area contributed by atoms with Crippen LogP contribution in [0.2, 0.25) is 0 Å². The van der Waals surface area contributed by atoms with Gasteiger partial charge in [-0.2, -0.15) is 0 Å². The summed E-state index contributed by atoms with van der Waals surface area (Å²) >= 11 is 1.89. The molecular weight excluding hydrogens is 599 g/mol. The number of fused-ring (bicyclic) bond motifs is 6. The van der Waals surface area contributed by atoms with E-state index in [1.165, 1.54) is 92.2 Å². The third-order valence-electron chi connectivity index (χ3n) is 10.0. The minimum atomic E-state index is 0.919. The van der Waals surface area contributed by atoms with Crippen LogP contribution in [0.25, 0.3) is 69.9 Å². The lowest BCUT2D eigenvalue weighted by atomic mass is 9.90. The summed E-state index contributed by atoms with van der Waals surface area (Å²) in [5.74, 6) is 0. The molecule has 0 aliphatic carbocycles. The van der Waals surface area contributed by atoms with E-state index in [2.05, 4.69) is 170 Å². The maximum Gasteiger partial charge on any atom is 0.0640 e. The first-order valence-electron chi connectivity index (χ1n) is 16.9. The predicted octanol–water partition coefficient (Wildman–Crippen LogP) is 12.9. The zero-order chi connectivity index (χ0) is 32.2. The van der Waals surface area contributed by atoms with Gasteiger partial charge in [-0.3, -0.25) is 0 Å². The van der Waals surface area contributed by atoms with Gasteiger partial charge >= 0.3 is 0 Å². The molecular formula is C46H35NS. The molecule has 0 radical (unpaired) electrons. The summed E-state index contributed by atoms with van der Waals surface area (Å²) in [6, 6.07) is 56.3. The molecule has 0 saturated heterocycles. The second-order valence-electron chi connectivity index (χ2n) is 12.9. The molecule has 0 spiro atoms. The van der Waals surface area contributed by atoms with E-state index in [4.69, 9.17) is 0 Å². The number of aryl methyl sites for hydroxylation is 2. The largest absolute Gasteiger partial charge is 0.308 e. The van der Waals surface area contributed by atoms with Crippen LogP contribution in [0.5, 0.6) is 0 Å². The van der Waals surface area contributed by atoms with Gasteiger partial charge in [-0.25, -0.2) is 0 Å². The van der Waals surface area contributed by atoms with Crippen molar-refractivity contribution >= 4 is 53.3 Å². The van der Waals surface area contributed by atoms with E-state index in [1.54, 1.807) is 0 Å². The molecule has 0 aliphatic rings. The molecule has 0 unspecified atom stereocenters. The Morgan fingerprint density at radius 1 is 0.521 bits per heavy atom. The van der Waals surface area contributed by atoms with Crippen molar-refractivity contribution in [3.8, 4) is 27.9 Å². The Bertz CT molecular complexity index is 2630. The van der Waals surface area contributed by atoms with Crippen molar-refractivity contribution in [3.63, 3.8) is 0 Å². The summed E-state index contributed by atoms with van der Waals surface area (Å²) < 4.78 is 5.12. The molecule has 1 nitrogen and oxygen atoms in total. The summed E-state index contributed by atoms with van der Waals surface area (Å²) in [7, 11) is 0. The first-order valence-corrected chi connectivity index (χ1v) is 17.7. The average molecular weight is 634 g/mol. The fraction of sp³-hybridized carbons (Fsp3) is 0.0870. The van der Waals surface area contributed by atoms with Crippen LogP contribution in [0.15, 0.2) is 152 Å². The molecule has 0 fully saturated rings. The predicted molar refractivity (Wildman–Crippen MR) is 208 cm³/mol. The fourth-order valence-corrected chi connectivity index (χ4v) is 8.67. The molecule has 0 aliphatic heterocycles. The Morgan fingerprint density at radius 3 is 2.08 bits per heavy atom. The van der Waals surface area contributed by atoms with Crippen LogP contribution in [-0.4, -0.2) is 4.57 Å². The second kappa shape index (κ2) is 11.7. The molecule has 9 rings (SSSR count). The van der Waals surface area contributed by atoms with E-state index in [9.17, 15) is 0 Å². The van der Waals surface area contributed by atoms with Crippen molar-refractivity contribution in [2.45, 2.75) is 26.7 Å². The van der Waals surface area contributed by atoms with Crippen molar-refractivity contribution in [1.82, 2.24) is 4.57 Å². The van der Waals surface area contributed by atoms with Gasteiger partial charge < -0.3 is 4.57 Å². The van der Waals surface area contributed by atoms with Crippen molar-refractivity contribution < 1.29 is 0 Å². The minimum Gasteiger partial charge on any atom is -0.308 e. The van der Waals surface area contributed by atoms with Crippen LogP contribution < -0.4 is 0 Å². The van der Waals surface area contributed by atoms with Gasteiger partial charge in [0.15, 0.2) is 0 Å². The van der Waals surface area contributed by atoms with E-state index < -0.39 is 0 Å². The van der Waals surface area contributed by atoms with Gasteiger partial charge in [0, 0.05) is 26.2 Å². The lowest BCUT2D eigenvalue weighted by Gasteiger charge is -2.15. The summed E-state index contributed by atoms with van der Waals surface area (Å²) in [6.45, 7) is 4.44. The van der Waals surface area contributed by atoms with Gasteiger partial charge in [-0.15, -0.1) is 11.3 Å². The van der Waals surface area contributed by atoms with Crippen molar-refractivity contribution in [3.05, 3.63) is 174 Å². The van der Waals surface area contributed by atoms with Gasteiger partial charge in [-0.05, 0) is 101 Å². The molecule has 0 saturated carbocycles. The van der Waals surface area contributed by atoms with Crippen molar-refractivity contribution in [1.29, 1.82) is 0 Å². The lowest BCUT2D eigenvalue weighted by molar-refractivity contribution is 1.12. The number of para-hydroxylation sites is 1. The third-order valence-corrected chi connectivity index (χ3v) is 11.2. The molecule has 2 heteroatoms. The number of hydrogen-bond acceptors (Lipinski definition) is 1. The van der Waals surface area contributed by atoms with Crippen molar-refractivity contribution in [2.24, 2.45) is 0 Å². The van der Waals surface area contributed by atoms with Crippen LogP contribution in [0, 0.1) is 6.92 Å². The molecule has 0 bridgehead atoms. The molecule has 230 valence electrons. The monoisotopic (exact) mass is 633 g/mol. The molecule has 2 aromatic heterocycles. The highest BCUT2D eigenvalue weighted by atomic mass is 32.1. The standard InChI is InChI=1S/C46H35NS/c1-3-31-20-22-32(23-21-31)27-35-11-4-5-12-36(35)40-28-33(24-19-30(40)2)34-25-26-43-41(29-34)37-13-6-8-16-42(37)47(43)44-17-10-15-39-38-14-7-9-18-45(38)48-46(39)44/h4-26,28-29H,3,27H2,1-2H3. The Morgan fingerprint density at radius 2 is 1.21 bits per heavy atom. The maximum absolute atomic E-state index is 2.47. The van der Waals surface area contributed by atoms with E-state index in [-0.39, 0.29) is 0 Å². The number of aromatic nitrogens is 1. The molecule has 2 heterocycles. The quantitative estimate of drug-likeness (QED) is 0.172. The van der Waals surface area contributed by atoms with E-state index >= 15 is 0 Å². The molecule has 0 amide bonds. The lowest BCUT2D eigenvalue weighted by Crippen LogP contribution is -1.95. The van der Waals surface area contributed by atoms with Crippen LogP contribution in [0.4, 0.5) is 0 Å². The Kier molecular flexibility index (Phi) is 6.99. The van der Waals surface area contributed by atoms with Crippen LogP contribution in [0.3, 0.4) is 0 Å². The van der Waals surface area contributed by atoms with Crippen LogP contribution >= 0.6 is 11.3 Å². The number of thiophene rings is 1. The summed E-state index contributed by atoms with van der Waals surface area (Å²) in [5.41, 5.74) is 14.2. The Hall–Kier alpha value is -5.44. The van der Waals surface area contributed by atoms with Crippen LogP contribution in [0.1, 0.15) is 29.2 Å². The highest BCUT2D eigenvalue weighted by Crippen LogP contribution is 2.42. The van der Waals surface area contributed by atoms with Crippen LogP contribution in [-0.2, 0) is 12.8 Å². The van der Waals surface area contributed by atoms with E-state index in [0.29, 0.717) is 0 Å². The first-order chi connectivity index (χ1) is 23.7. The molecule has 0 atom stereocenters. The number of nitrogens with zero attached hydrogens (tertiary/aromatic N) is 1. The Labute approximate surface area is 285 Å². The van der Waals surface area contributed by atoms with Gasteiger partial charge in [0.05, 0.1) is 21.4 Å². The summed E-state index contributed by atoms with van der Waals surface area (Å²) in [6.07, 6.45) is 1.99. The molecule has 48 heavy (non-hydrogen) atoms. The highest BCUT2D eigenvalue weighted by Gasteiger charge is 2.17. The zero-order valence-electron chi connectivity index (χ0n) is 27.2. The summed E-state index contributed by atoms with van der Waals surface area (Å²) in [5, 5.41) is 5.20. The molecule has 7 aromatic carbocycles. The van der Waals surface area contributed by atoms with E-state index in [1.807, 2.05) is 11.3 Å². The zero-order valence-corrected chi connectivity index (χ0v) is 28.0. The fourth-order valence-electron chi connectivity index (χ4n) is 7.46. The minimum absolute atomic E-state index is 0.919. The Balaban J connectivity index is 1.17. The van der Waals surface area contributed by atoms with Gasteiger partial charge in [0.1, 0.15) is 0 Å².